The number of hydrogen-bond donors (Lipinski definition) is 0. The summed E-state index contributed by atoms with van der Waals surface area (Å²) in [6.45, 7) is 0. The van der Waals surface area contributed by atoms with Gasteiger partial charge in [-0.1, -0.05) is 194 Å². The van der Waals surface area contributed by atoms with Crippen molar-refractivity contribution in [1.82, 2.24) is 0 Å². The highest BCUT2D eigenvalue weighted by Crippen LogP contribution is 2.67. The molecule has 0 saturated heterocycles. The van der Waals surface area contributed by atoms with Crippen LogP contribution in [0.2, 0.25) is 0 Å². The van der Waals surface area contributed by atoms with Gasteiger partial charge in [0.1, 0.15) is 0 Å². The molecular formula is C81H58N2. The molecule has 0 radical (unpaired) electrons. The van der Waals surface area contributed by atoms with Crippen molar-refractivity contribution < 1.29 is 0 Å². The van der Waals surface area contributed by atoms with Crippen molar-refractivity contribution in [2.75, 3.05) is 9.80 Å². The second-order valence-corrected chi connectivity index (χ2v) is 24.0. The van der Waals surface area contributed by atoms with Gasteiger partial charge in [0.25, 0.3) is 0 Å². The summed E-state index contributed by atoms with van der Waals surface area (Å²) in [6, 6.07) is 98.5. The van der Waals surface area contributed by atoms with E-state index < -0.39 is 5.41 Å². The van der Waals surface area contributed by atoms with E-state index in [0.717, 1.165) is 59.8 Å². The van der Waals surface area contributed by atoms with Crippen molar-refractivity contribution >= 4 is 34.1 Å². The third-order valence-corrected chi connectivity index (χ3v) is 19.9. The maximum Gasteiger partial charge on any atom is 0.0766 e. The molecule has 0 bridgehead atoms. The molecule has 0 fully saturated rings. The molecule has 18 rings (SSSR count). The molecule has 0 saturated carbocycles. The monoisotopic (exact) mass is 1060 g/mol. The third kappa shape index (κ3) is 7.09. The molecule has 12 aromatic carbocycles. The second-order valence-electron chi connectivity index (χ2n) is 24.0. The first-order valence-corrected chi connectivity index (χ1v) is 30.1. The topological polar surface area (TPSA) is 6.48 Å². The van der Waals surface area contributed by atoms with Crippen LogP contribution in [-0.2, 0) is 56.8 Å². The standard InChI is InChI=1S/C81H58N2/c1-3-11-75-71(7-1)73-9-5-13-77(82(67-39-31-55(32-40-67)63-27-19-51-15-23-59(51)47-63)68-41-33-56(34-42-68)64-28-20-52-16-24-60(52)48-64)79(73)81(75)76-12-4-2-8-72(76)74-10-6-14-78(80(74)81)83(69-43-35-57(36-44-69)65-29-21-53-17-25-61(53)49-65)70-45-37-58(38-46-70)66-30-22-54-18-26-62(54)50-66/h1-14,19-22,27-50H,15-18,23-26H2. The lowest BCUT2D eigenvalue weighted by Crippen LogP contribution is -2.30. The highest BCUT2D eigenvalue weighted by molar-refractivity contribution is 6.03. The van der Waals surface area contributed by atoms with Crippen molar-refractivity contribution in [3.05, 3.63) is 322 Å². The molecule has 0 aromatic heterocycles. The molecule has 6 aliphatic rings. The summed E-state index contributed by atoms with van der Waals surface area (Å²) in [5, 5.41) is 0. The summed E-state index contributed by atoms with van der Waals surface area (Å²) in [4.78, 5) is 5.11. The van der Waals surface area contributed by atoms with Crippen molar-refractivity contribution in [2.24, 2.45) is 0 Å². The number of nitrogens with zero attached hydrogens (tertiary/aromatic N) is 2. The molecule has 392 valence electrons. The van der Waals surface area contributed by atoms with E-state index in [1.54, 1.807) is 0 Å². The Balaban J connectivity index is 0.858. The first kappa shape index (κ1) is 46.9. The Kier molecular flexibility index (Phi) is 10.2. The van der Waals surface area contributed by atoms with Crippen LogP contribution in [0.5, 0.6) is 0 Å². The van der Waals surface area contributed by atoms with E-state index >= 15 is 0 Å². The van der Waals surface area contributed by atoms with Gasteiger partial charge in [0.05, 0.1) is 16.8 Å². The first-order valence-electron chi connectivity index (χ1n) is 30.1. The van der Waals surface area contributed by atoms with Gasteiger partial charge < -0.3 is 9.80 Å². The van der Waals surface area contributed by atoms with E-state index in [1.807, 2.05) is 0 Å². The summed E-state index contributed by atoms with van der Waals surface area (Å²) in [6.07, 6.45) is 9.38. The maximum atomic E-state index is 2.56. The number of hydrogen-bond acceptors (Lipinski definition) is 2. The lowest BCUT2D eigenvalue weighted by molar-refractivity contribution is 0.792. The molecule has 12 aromatic rings. The van der Waals surface area contributed by atoms with Crippen molar-refractivity contribution in [3.63, 3.8) is 0 Å². The minimum Gasteiger partial charge on any atom is -0.310 e. The summed E-state index contributed by atoms with van der Waals surface area (Å²) in [5.41, 5.74) is 38.3. The zero-order valence-electron chi connectivity index (χ0n) is 46.3. The normalized spacial score (nSPS) is 14.5. The van der Waals surface area contributed by atoms with Crippen LogP contribution in [0.15, 0.2) is 255 Å². The minimum atomic E-state index is -0.725. The van der Waals surface area contributed by atoms with E-state index in [-0.39, 0.29) is 0 Å². The van der Waals surface area contributed by atoms with Gasteiger partial charge in [-0.25, -0.2) is 0 Å². The molecule has 0 heterocycles. The molecule has 0 atom stereocenters. The van der Waals surface area contributed by atoms with Gasteiger partial charge in [-0.05, 0) is 234 Å². The molecule has 2 heteroatoms. The number of benzene rings is 12. The van der Waals surface area contributed by atoms with Crippen molar-refractivity contribution in [3.8, 4) is 66.8 Å². The van der Waals surface area contributed by atoms with Crippen LogP contribution in [0.3, 0.4) is 0 Å². The molecule has 6 aliphatic carbocycles. The van der Waals surface area contributed by atoms with E-state index in [2.05, 4.69) is 265 Å². The number of rotatable bonds is 10. The summed E-state index contributed by atoms with van der Waals surface area (Å²) >= 11 is 0. The predicted octanol–water partition coefficient (Wildman–Crippen LogP) is 20.0. The molecular weight excluding hydrogens is 1000 g/mol. The fourth-order valence-electron chi connectivity index (χ4n) is 15.2. The van der Waals surface area contributed by atoms with Crippen LogP contribution in [0.1, 0.15) is 66.8 Å². The van der Waals surface area contributed by atoms with Gasteiger partial charge in [0, 0.05) is 33.9 Å². The minimum absolute atomic E-state index is 0.725. The van der Waals surface area contributed by atoms with Crippen molar-refractivity contribution in [1.29, 1.82) is 0 Å². The Hall–Kier alpha value is -9.76. The Labute approximate surface area is 486 Å². The largest absolute Gasteiger partial charge is 0.310 e. The molecule has 0 N–H and O–H groups in total. The number of fused-ring (bicyclic) bond motifs is 14. The van der Waals surface area contributed by atoms with Gasteiger partial charge in [-0.15, -0.1) is 0 Å². The zero-order valence-corrected chi connectivity index (χ0v) is 46.3. The van der Waals surface area contributed by atoms with E-state index in [9.17, 15) is 0 Å². The van der Waals surface area contributed by atoms with Crippen LogP contribution in [0, 0.1) is 0 Å². The number of aryl methyl sites for hydroxylation is 8. The summed E-state index contributed by atoms with van der Waals surface area (Å²) in [5.74, 6) is 0. The molecule has 0 aliphatic heterocycles. The third-order valence-electron chi connectivity index (χ3n) is 19.9. The van der Waals surface area contributed by atoms with Gasteiger partial charge in [-0.3, -0.25) is 0 Å². The van der Waals surface area contributed by atoms with Crippen LogP contribution in [0.25, 0.3) is 66.8 Å². The molecule has 2 nitrogen and oxygen atoms in total. The van der Waals surface area contributed by atoms with Crippen LogP contribution in [0.4, 0.5) is 34.1 Å². The SMILES string of the molecule is c1ccc2c(c1)-c1cccc(N(c3ccc(-c4ccc5c(c4)CC5)cc3)c3ccc(-c4ccc5c(c4)CC5)cc3)c1C21c2ccccc2-c2cccc(N(c3ccc(-c4ccc5c(c4)CC5)cc3)c3ccc(-c4ccc5c(c4)CC5)cc3)c21. The van der Waals surface area contributed by atoms with E-state index in [0.29, 0.717) is 0 Å². The average molecular weight is 1060 g/mol. The van der Waals surface area contributed by atoms with Crippen molar-refractivity contribution in [2.45, 2.75) is 56.8 Å². The lowest BCUT2D eigenvalue weighted by atomic mass is 9.69. The maximum absolute atomic E-state index is 2.56. The molecule has 0 unspecified atom stereocenters. The Morgan fingerprint density at radius 2 is 0.482 bits per heavy atom. The van der Waals surface area contributed by atoms with Gasteiger partial charge >= 0.3 is 0 Å². The number of anilines is 6. The van der Waals surface area contributed by atoms with Crippen LogP contribution < -0.4 is 9.80 Å². The van der Waals surface area contributed by atoms with Crippen LogP contribution in [-0.4, -0.2) is 0 Å². The van der Waals surface area contributed by atoms with Crippen LogP contribution >= 0.6 is 0 Å². The second kappa shape index (κ2) is 18.1. The zero-order chi connectivity index (χ0) is 54.3. The Morgan fingerprint density at radius 3 is 0.759 bits per heavy atom. The first-order chi connectivity index (χ1) is 41.1. The quantitative estimate of drug-likeness (QED) is 0.135. The Bertz CT molecular complexity index is 4160. The molecule has 0 amide bonds. The fraction of sp³-hybridized carbons (Fsp3) is 0.111. The molecule has 1 spiro atoms. The summed E-state index contributed by atoms with van der Waals surface area (Å²) < 4.78 is 0. The summed E-state index contributed by atoms with van der Waals surface area (Å²) in [7, 11) is 0. The molecule has 83 heavy (non-hydrogen) atoms. The van der Waals surface area contributed by atoms with E-state index in [1.165, 1.54) is 159 Å². The van der Waals surface area contributed by atoms with E-state index in [4.69, 9.17) is 0 Å². The highest BCUT2D eigenvalue weighted by Gasteiger charge is 2.55. The van der Waals surface area contributed by atoms with Gasteiger partial charge in [0.2, 0.25) is 0 Å². The van der Waals surface area contributed by atoms with Gasteiger partial charge in [-0.2, -0.15) is 0 Å². The lowest BCUT2D eigenvalue weighted by Gasteiger charge is -2.38. The predicted molar refractivity (Wildman–Crippen MR) is 343 cm³/mol. The van der Waals surface area contributed by atoms with Gasteiger partial charge in [0.15, 0.2) is 0 Å². The Morgan fingerprint density at radius 1 is 0.217 bits per heavy atom. The highest BCUT2D eigenvalue weighted by atomic mass is 15.2. The average Bonchev–Trinajstić information content (AvgIpc) is 1.59. The fourth-order valence-corrected chi connectivity index (χ4v) is 15.2. The smallest absolute Gasteiger partial charge is 0.0766 e.